The van der Waals surface area contributed by atoms with Crippen molar-refractivity contribution in [3.63, 3.8) is 0 Å². The Balaban J connectivity index is 2.33. The molecule has 2 rings (SSSR count). The van der Waals surface area contributed by atoms with Crippen LogP contribution in [0.25, 0.3) is 0 Å². The quantitative estimate of drug-likeness (QED) is 0.484. The third-order valence-corrected chi connectivity index (χ3v) is 7.12. The van der Waals surface area contributed by atoms with Crippen LogP contribution in [0.2, 0.25) is 19.6 Å². The SMILES string of the molecule is CCOC(O[C@@H]1CN(S(C)(=O)=O)NC(=O)N[C@@H]1Cc1ccccc1)[Si](C)(C)C. The lowest BCUT2D eigenvalue weighted by molar-refractivity contribution is -0.134. The molecule has 3 atom stereocenters. The van der Waals surface area contributed by atoms with E-state index in [1.165, 1.54) is 0 Å². The lowest BCUT2D eigenvalue weighted by atomic mass is 10.0. The molecular formula is C18H31N3O5SSi. The van der Waals surface area contributed by atoms with Gasteiger partial charge in [-0.05, 0) is 18.9 Å². The molecule has 28 heavy (non-hydrogen) atoms. The van der Waals surface area contributed by atoms with E-state index in [0.29, 0.717) is 13.0 Å². The van der Waals surface area contributed by atoms with Crippen LogP contribution in [-0.4, -0.2) is 64.4 Å². The van der Waals surface area contributed by atoms with E-state index < -0.39 is 42.2 Å². The Kier molecular flexibility index (Phi) is 7.63. The minimum atomic E-state index is -3.64. The van der Waals surface area contributed by atoms with Crippen LogP contribution in [0.15, 0.2) is 30.3 Å². The molecule has 0 spiro atoms. The van der Waals surface area contributed by atoms with Crippen molar-refractivity contribution in [1.29, 1.82) is 0 Å². The first kappa shape index (κ1) is 22.8. The maximum absolute atomic E-state index is 12.3. The van der Waals surface area contributed by atoms with Gasteiger partial charge in [0.25, 0.3) is 0 Å². The monoisotopic (exact) mass is 429 g/mol. The highest BCUT2D eigenvalue weighted by molar-refractivity contribution is 7.88. The second-order valence-corrected chi connectivity index (χ2v) is 15.1. The van der Waals surface area contributed by atoms with Gasteiger partial charge in [-0.25, -0.2) is 13.2 Å². The largest absolute Gasteiger partial charge is 0.357 e. The number of amides is 2. The first-order valence-electron chi connectivity index (χ1n) is 9.36. The molecule has 10 heteroatoms. The molecular weight excluding hydrogens is 398 g/mol. The summed E-state index contributed by atoms with van der Waals surface area (Å²) in [6, 6.07) is 8.73. The van der Waals surface area contributed by atoms with Crippen LogP contribution in [0.3, 0.4) is 0 Å². The van der Waals surface area contributed by atoms with Crippen LogP contribution in [0.4, 0.5) is 4.79 Å². The van der Waals surface area contributed by atoms with Crippen LogP contribution in [-0.2, 0) is 25.9 Å². The van der Waals surface area contributed by atoms with Gasteiger partial charge in [0.15, 0.2) is 0 Å². The maximum atomic E-state index is 12.3. The molecule has 2 N–H and O–H groups in total. The number of nitrogens with zero attached hydrogens (tertiary/aromatic N) is 1. The summed E-state index contributed by atoms with van der Waals surface area (Å²) < 4.78 is 37.3. The van der Waals surface area contributed by atoms with Crippen molar-refractivity contribution in [2.24, 2.45) is 0 Å². The van der Waals surface area contributed by atoms with Crippen molar-refractivity contribution < 1.29 is 22.7 Å². The minimum absolute atomic E-state index is 0.00310. The summed E-state index contributed by atoms with van der Waals surface area (Å²) in [4.78, 5) is 12.3. The number of urea groups is 1. The fourth-order valence-electron chi connectivity index (χ4n) is 2.95. The number of hydrazine groups is 1. The van der Waals surface area contributed by atoms with E-state index in [2.05, 4.69) is 30.4 Å². The van der Waals surface area contributed by atoms with E-state index in [1.54, 1.807) is 0 Å². The lowest BCUT2D eigenvalue weighted by Gasteiger charge is -2.35. The average molecular weight is 430 g/mol. The smallest absolute Gasteiger partial charge is 0.330 e. The highest BCUT2D eigenvalue weighted by atomic mass is 32.2. The van der Waals surface area contributed by atoms with E-state index in [0.717, 1.165) is 16.2 Å². The normalized spacial score (nSPS) is 22.8. The average Bonchev–Trinajstić information content (AvgIpc) is 2.73. The molecule has 0 aliphatic carbocycles. The third kappa shape index (κ3) is 6.56. The summed E-state index contributed by atoms with van der Waals surface area (Å²) >= 11 is 0. The van der Waals surface area contributed by atoms with E-state index >= 15 is 0 Å². The van der Waals surface area contributed by atoms with Crippen molar-refractivity contribution in [3.05, 3.63) is 35.9 Å². The molecule has 1 aromatic carbocycles. The van der Waals surface area contributed by atoms with E-state index in [9.17, 15) is 13.2 Å². The molecule has 0 aromatic heterocycles. The standard InChI is InChI=1S/C18H31N3O5SSi/c1-6-25-18(28(3,4)5)26-16-13-21(27(2,23)24)20-17(22)19-15(16)12-14-10-8-7-9-11-14/h7-11,15-16,18H,6,12-13H2,1-5H3,(H2,19,20,22)/t15-,16-,18?/m1/s1. The number of ether oxygens (including phenoxy) is 2. The zero-order chi connectivity index (χ0) is 20.9. The highest BCUT2D eigenvalue weighted by Crippen LogP contribution is 2.20. The Bertz CT molecular complexity index is 754. The number of sulfonamides is 1. The van der Waals surface area contributed by atoms with E-state index in [1.807, 2.05) is 37.3 Å². The molecule has 1 aliphatic heterocycles. The molecule has 1 aromatic rings. The zero-order valence-electron chi connectivity index (χ0n) is 17.1. The Labute approximate surface area is 168 Å². The van der Waals surface area contributed by atoms with Crippen molar-refractivity contribution in [2.45, 2.75) is 51.0 Å². The van der Waals surface area contributed by atoms with Crippen molar-refractivity contribution in [1.82, 2.24) is 15.2 Å². The van der Waals surface area contributed by atoms with Gasteiger partial charge in [0.05, 0.1) is 24.9 Å². The molecule has 0 saturated carbocycles. The number of hydrogen-bond donors (Lipinski definition) is 2. The summed E-state index contributed by atoms with van der Waals surface area (Å²) in [5.41, 5.74) is 3.42. The van der Waals surface area contributed by atoms with Crippen LogP contribution in [0.1, 0.15) is 12.5 Å². The van der Waals surface area contributed by atoms with Gasteiger partial charge in [-0.3, -0.25) is 5.43 Å². The van der Waals surface area contributed by atoms with Crippen molar-refractivity contribution in [2.75, 3.05) is 19.4 Å². The summed E-state index contributed by atoms with van der Waals surface area (Å²) in [7, 11) is -5.50. The van der Waals surface area contributed by atoms with Gasteiger partial charge >= 0.3 is 6.03 Å². The number of hydrogen-bond acceptors (Lipinski definition) is 5. The van der Waals surface area contributed by atoms with Crippen LogP contribution in [0.5, 0.6) is 0 Å². The van der Waals surface area contributed by atoms with Crippen molar-refractivity contribution >= 4 is 24.1 Å². The molecule has 0 bridgehead atoms. The summed E-state index contributed by atoms with van der Waals surface area (Å²) in [5, 5.41) is 2.86. The van der Waals surface area contributed by atoms with Crippen LogP contribution < -0.4 is 10.7 Å². The predicted molar refractivity (Wildman–Crippen MR) is 111 cm³/mol. The first-order chi connectivity index (χ1) is 13.0. The second kappa shape index (κ2) is 9.36. The number of nitrogens with one attached hydrogen (secondary N) is 2. The molecule has 158 valence electrons. The molecule has 1 fully saturated rings. The molecule has 2 amide bonds. The topological polar surface area (TPSA) is 97.0 Å². The maximum Gasteiger partial charge on any atom is 0.330 e. The van der Waals surface area contributed by atoms with Gasteiger partial charge < -0.3 is 14.8 Å². The van der Waals surface area contributed by atoms with Crippen LogP contribution >= 0.6 is 0 Å². The van der Waals surface area contributed by atoms with E-state index in [4.69, 9.17) is 9.47 Å². The van der Waals surface area contributed by atoms with E-state index in [-0.39, 0.29) is 6.54 Å². The Morgan fingerprint density at radius 2 is 1.89 bits per heavy atom. The Hall–Kier alpha value is -1.46. The molecule has 1 saturated heterocycles. The Morgan fingerprint density at radius 3 is 2.43 bits per heavy atom. The molecule has 8 nitrogen and oxygen atoms in total. The first-order valence-corrected chi connectivity index (χ1v) is 14.8. The highest BCUT2D eigenvalue weighted by Gasteiger charge is 2.39. The van der Waals surface area contributed by atoms with Gasteiger partial charge in [-0.1, -0.05) is 50.0 Å². The van der Waals surface area contributed by atoms with Gasteiger partial charge in [-0.15, -0.1) is 4.41 Å². The second-order valence-electron chi connectivity index (χ2n) is 8.00. The van der Waals surface area contributed by atoms with Gasteiger partial charge in [0.1, 0.15) is 14.0 Å². The third-order valence-electron chi connectivity index (χ3n) is 4.36. The molecule has 1 heterocycles. The van der Waals surface area contributed by atoms with Gasteiger partial charge in [0.2, 0.25) is 10.0 Å². The zero-order valence-corrected chi connectivity index (χ0v) is 19.0. The van der Waals surface area contributed by atoms with Crippen LogP contribution in [0, 0.1) is 0 Å². The molecule has 1 aliphatic rings. The summed E-state index contributed by atoms with van der Waals surface area (Å²) in [6.45, 7) is 8.77. The Morgan fingerprint density at radius 1 is 1.25 bits per heavy atom. The van der Waals surface area contributed by atoms with Gasteiger partial charge in [-0.2, -0.15) is 0 Å². The number of carbonyl (C=O) groups is 1. The molecule has 0 radical (unpaired) electrons. The van der Waals surface area contributed by atoms with Gasteiger partial charge in [0, 0.05) is 6.61 Å². The summed E-state index contributed by atoms with van der Waals surface area (Å²) in [6.07, 6.45) is 0.999. The number of carbonyl (C=O) groups excluding carboxylic acids is 1. The minimum Gasteiger partial charge on any atom is -0.357 e. The fraction of sp³-hybridized carbons (Fsp3) is 0.611. The predicted octanol–water partition coefficient (Wildman–Crippen LogP) is 1.71. The molecule has 1 unspecified atom stereocenters. The summed E-state index contributed by atoms with van der Waals surface area (Å²) in [5.74, 6) is -0.419. The number of benzene rings is 1. The van der Waals surface area contributed by atoms with Crippen molar-refractivity contribution in [3.8, 4) is 0 Å². The lowest BCUT2D eigenvalue weighted by Crippen LogP contribution is -2.52. The fourth-order valence-corrected chi connectivity index (χ4v) is 4.87. The number of rotatable bonds is 8.